The minimum Gasteiger partial charge on any atom is -0.298 e. The van der Waals surface area contributed by atoms with Crippen LogP contribution in [0.5, 0.6) is 0 Å². The van der Waals surface area contributed by atoms with Crippen LogP contribution >= 0.6 is 0 Å². The topological polar surface area (TPSA) is 30.0 Å². The molecule has 0 amide bonds. The summed E-state index contributed by atoms with van der Waals surface area (Å²) < 4.78 is 63.4. The molecule has 0 radical (unpaired) electrons. The Kier molecular flexibility index (Phi) is 3.52. The maximum absolute atomic E-state index is 13.1. The predicted molar refractivity (Wildman–Crippen MR) is 60.0 cm³/mol. The van der Waals surface area contributed by atoms with Gasteiger partial charge in [-0.2, -0.15) is 13.2 Å². The van der Waals surface area contributed by atoms with Crippen molar-refractivity contribution in [2.75, 3.05) is 0 Å². The first-order chi connectivity index (χ1) is 9.32. The van der Waals surface area contributed by atoms with Crippen molar-refractivity contribution in [3.05, 3.63) is 53.2 Å². The minimum absolute atomic E-state index is 0.0136. The van der Waals surface area contributed by atoms with Crippen molar-refractivity contribution in [3.8, 4) is 11.3 Å². The van der Waals surface area contributed by atoms with Crippen LogP contribution in [0.4, 0.5) is 22.0 Å². The van der Waals surface area contributed by atoms with Crippen molar-refractivity contribution in [1.29, 1.82) is 0 Å². The number of hydrogen-bond donors (Lipinski definition) is 0. The summed E-state index contributed by atoms with van der Waals surface area (Å²) in [6, 6.07) is 3.30. The lowest BCUT2D eigenvalue weighted by molar-refractivity contribution is -0.137. The third kappa shape index (κ3) is 2.66. The van der Waals surface area contributed by atoms with E-state index in [9.17, 15) is 26.7 Å². The van der Waals surface area contributed by atoms with E-state index < -0.39 is 23.4 Å². The highest BCUT2D eigenvalue weighted by molar-refractivity contribution is 5.85. The molecule has 0 fully saturated rings. The van der Waals surface area contributed by atoms with Crippen LogP contribution in [0.25, 0.3) is 11.3 Å². The number of nitrogens with zero attached hydrogens (tertiary/aromatic N) is 1. The maximum Gasteiger partial charge on any atom is 0.417 e. The van der Waals surface area contributed by atoms with Crippen molar-refractivity contribution in [2.45, 2.75) is 6.18 Å². The van der Waals surface area contributed by atoms with Gasteiger partial charge in [0.1, 0.15) is 0 Å². The quantitative estimate of drug-likeness (QED) is 0.620. The van der Waals surface area contributed by atoms with E-state index in [0.29, 0.717) is 12.3 Å². The molecule has 0 saturated carbocycles. The lowest BCUT2D eigenvalue weighted by Crippen LogP contribution is -2.07. The Morgan fingerprint density at radius 2 is 1.75 bits per heavy atom. The van der Waals surface area contributed by atoms with Crippen LogP contribution in [0.3, 0.4) is 0 Å². The molecule has 2 rings (SSSR count). The molecule has 104 valence electrons. The van der Waals surface area contributed by atoms with Crippen LogP contribution in [0, 0.1) is 11.6 Å². The number of carbonyl (C=O) groups is 1. The Morgan fingerprint density at radius 3 is 2.30 bits per heavy atom. The van der Waals surface area contributed by atoms with Crippen molar-refractivity contribution in [2.24, 2.45) is 0 Å². The maximum atomic E-state index is 13.1. The van der Waals surface area contributed by atoms with E-state index >= 15 is 0 Å². The monoisotopic (exact) mass is 287 g/mol. The molecule has 1 aromatic heterocycles. The van der Waals surface area contributed by atoms with Crippen LogP contribution < -0.4 is 0 Å². The molecule has 0 aliphatic rings. The van der Waals surface area contributed by atoms with Crippen molar-refractivity contribution in [3.63, 3.8) is 0 Å². The molecule has 7 heteroatoms. The molecule has 0 atom stereocenters. The molecule has 0 spiro atoms. The zero-order chi connectivity index (χ0) is 14.9. The van der Waals surface area contributed by atoms with E-state index in [2.05, 4.69) is 4.98 Å². The molecule has 20 heavy (non-hydrogen) atoms. The smallest absolute Gasteiger partial charge is 0.298 e. The number of alkyl halides is 3. The molecule has 0 N–H and O–H groups in total. The van der Waals surface area contributed by atoms with E-state index in [1.165, 1.54) is 0 Å². The standard InChI is InChI=1S/C13H6F5NO/c14-10-2-1-7(4-11(10)15)12-8(6-20)3-9(5-19-12)13(16,17)18/h1-6H. The number of rotatable bonds is 2. The zero-order valence-corrected chi connectivity index (χ0v) is 9.71. The van der Waals surface area contributed by atoms with Crippen molar-refractivity contribution < 1.29 is 26.7 Å². The molecule has 0 unspecified atom stereocenters. The molecule has 0 bridgehead atoms. The second kappa shape index (κ2) is 4.99. The molecule has 2 aromatic rings. The Bertz CT molecular complexity index is 666. The van der Waals surface area contributed by atoms with Gasteiger partial charge in [0, 0.05) is 17.3 Å². The summed E-state index contributed by atoms with van der Waals surface area (Å²) in [5, 5.41) is 0. The normalized spacial score (nSPS) is 11.4. The first-order valence-electron chi connectivity index (χ1n) is 5.31. The Balaban J connectivity index is 2.57. The van der Waals surface area contributed by atoms with Crippen LogP contribution in [0.15, 0.2) is 30.5 Å². The summed E-state index contributed by atoms with van der Waals surface area (Å²) in [6.45, 7) is 0. The lowest BCUT2D eigenvalue weighted by Gasteiger charge is -2.09. The fraction of sp³-hybridized carbons (Fsp3) is 0.0769. The number of pyridine rings is 1. The molecule has 0 saturated heterocycles. The number of aromatic nitrogens is 1. The molecular formula is C13H6F5NO. The number of halogens is 5. The average Bonchev–Trinajstić information content (AvgIpc) is 2.40. The number of benzene rings is 1. The highest BCUT2D eigenvalue weighted by atomic mass is 19.4. The number of carbonyl (C=O) groups excluding carboxylic acids is 1. The highest BCUT2D eigenvalue weighted by Crippen LogP contribution is 2.31. The highest BCUT2D eigenvalue weighted by Gasteiger charge is 2.31. The fourth-order valence-corrected chi connectivity index (χ4v) is 1.61. The van der Waals surface area contributed by atoms with Gasteiger partial charge >= 0.3 is 6.18 Å². The summed E-state index contributed by atoms with van der Waals surface area (Å²) in [5.74, 6) is -2.28. The van der Waals surface area contributed by atoms with Crippen LogP contribution in [-0.2, 0) is 6.18 Å². The van der Waals surface area contributed by atoms with Gasteiger partial charge in [-0.3, -0.25) is 9.78 Å². The molecule has 1 aromatic carbocycles. The Morgan fingerprint density at radius 1 is 1.05 bits per heavy atom. The van der Waals surface area contributed by atoms with Crippen molar-refractivity contribution >= 4 is 6.29 Å². The Labute approximate surface area is 109 Å². The predicted octanol–water partition coefficient (Wildman–Crippen LogP) is 3.86. The molecule has 2 nitrogen and oxygen atoms in total. The summed E-state index contributed by atoms with van der Waals surface area (Å²) in [6.07, 6.45) is -3.93. The largest absolute Gasteiger partial charge is 0.417 e. The van der Waals surface area contributed by atoms with Gasteiger partial charge in [-0.1, -0.05) is 0 Å². The van der Waals surface area contributed by atoms with Gasteiger partial charge < -0.3 is 0 Å². The Hall–Kier alpha value is -2.31. The second-order valence-corrected chi connectivity index (χ2v) is 3.91. The second-order valence-electron chi connectivity index (χ2n) is 3.91. The van der Waals surface area contributed by atoms with E-state index in [1.54, 1.807) is 0 Å². The molecule has 0 aliphatic heterocycles. The summed E-state index contributed by atoms with van der Waals surface area (Å²) in [7, 11) is 0. The molecular weight excluding hydrogens is 281 g/mol. The summed E-state index contributed by atoms with van der Waals surface area (Å²) in [4.78, 5) is 14.4. The van der Waals surface area contributed by atoms with Gasteiger partial charge in [0.25, 0.3) is 0 Å². The van der Waals surface area contributed by atoms with Crippen LogP contribution in [-0.4, -0.2) is 11.3 Å². The minimum atomic E-state index is -4.64. The third-order valence-corrected chi connectivity index (χ3v) is 2.56. The van der Waals surface area contributed by atoms with Gasteiger partial charge in [-0.15, -0.1) is 0 Å². The van der Waals surface area contributed by atoms with E-state index in [4.69, 9.17) is 0 Å². The van der Waals surface area contributed by atoms with E-state index in [0.717, 1.165) is 18.2 Å². The number of aldehydes is 1. The van der Waals surface area contributed by atoms with E-state index in [-0.39, 0.29) is 23.1 Å². The zero-order valence-electron chi connectivity index (χ0n) is 9.71. The molecule has 1 heterocycles. The SMILES string of the molecule is O=Cc1cc(C(F)(F)F)cnc1-c1ccc(F)c(F)c1. The first kappa shape index (κ1) is 14.1. The van der Waals surface area contributed by atoms with Crippen LogP contribution in [0.1, 0.15) is 15.9 Å². The number of hydrogen-bond acceptors (Lipinski definition) is 2. The van der Waals surface area contributed by atoms with Gasteiger partial charge in [-0.25, -0.2) is 8.78 Å². The van der Waals surface area contributed by atoms with Gasteiger partial charge in [0.2, 0.25) is 0 Å². The van der Waals surface area contributed by atoms with Gasteiger partial charge in [0.05, 0.1) is 11.3 Å². The van der Waals surface area contributed by atoms with E-state index in [1.807, 2.05) is 0 Å². The summed E-state index contributed by atoms with van der Waals surface area (Å²) >= 11 is 0. The first-order valence-corrected chi connectivity index (χ1v) is 5.31. The molecule has 0 aliphatic carbocycles. The third-order valence-electron chi connectivity index (χ3n) is 2.56. The summed E-state index contributed by atoms with van der Waals surface area (Å²) in [5.41, 5.74) is -1.58. The van der Waals surface area contributed by atoms with Gasteiger partial charge in [-0.05, 0) is 24.3 Å². The van der Waals surface area contributed by atoms with Crippen LogP contribution in [0.2, 0.25) is 0 Å². The van der Waals surface area contributed by atoms with Crippen molar-refractivity contribution in [1.82, 2.24) is 4.98 Å². The average molecular weight is 287 g/mol. The van der Waals surface area contributed by atoms with Gasteiger partial charge in [0.15, 0.2) is 17.9 Å². The lowest BCUT2D eigenvalue weighted by atomic mass is 10.0. The fourth-order valence-electron chi connectivity index (χ4n) is 1.61.